The number of aliphatic hydroxyl groups excluding tert-OH is 1. The molecule has 1 aromatic rings. The van der Waals surface area contributed by atoms with Crippen molar-refractivity contribution in [2.45, 2.75) is 20.5 Å². The van der Waals surface area contributed by atoms with Crippen molar-refractivity contribution in [1.82, 2.24) is 4.98 Å². The highest BCUT2D eigenvalue weighted by molar-refractivity contribution is 6.31. The minimum atomic E-state index is -0.123. The Bertz CT molecular complexity index is 345. The van der Waals surface area contributed by atoms with Crippen molar-refractivity contribution in [2.24, 2.45) is 5.92 Å². The summed E-state index contributed by atoms with van der Waals surface area (Å²) < 4.78 is 10.7. The van der Waals surface area contributed by atoms with Gasteiger partial charge in [-0.1, -0.05) is 25.4 Å². The first-order valence-corrected chi connectivity index (χ1v) is 5.97. The molecule has 0 radical (unpaired) electrons. The maximum atomic E-state index is 9.02. The Labute approximate surface area is 107 Å². The van der Waals surface area contributed by atoms with Crippen LogP contribution in [0.25, 0.3) is 0 Å². The fraction of sp³-hybridized carbons (Fsp3) is 0.583. The van der Waals surface area contributed by atoms with E-state index >= 15 is 0 Å². The van der Waals surface area contributed by atoms with Gasteiger partial charge in [0, 0.05) is 24.4 Å². The summed E-state index contributed by atoms with van der Waals surface area (Å²) in [6.07, 6.45) is 1.47. The number of hydrogen-bond acceptors (Lipinski definition) is 4. The SMILES string of the molecule is CC(C)COCCOc1cc(CO)c(Cl)cn1. The number of hydrogen-bond donors (Lipinski definition) is 1. The number of pyridine rings is 1. The zero-order valence-electron chi connectivity index (χ0n) is 10.1. The van der Waals surface area contributed by atoms with Gasteiger partial charge in [0.05, 0.1) is 18.2 Å². The molecule has 1 rings (SSSR count). The molecule has 17 heavy (non-hydrogen) atoms. The van der Waals surface area contributed by atoms with Crippen molar-refractivity contribution in [2.75, 3.05) is 19.8 Å². The van der Waals surface area contributed by atoms with Crippen molar-refractivity contribution >= 4 is 11.6 Å². The van der Waals surface area contributed by atoms with E-state index in [1.165, 1.54) is 6.20 Å². The highest BCUT2D eigenvalue weighted by Crippen LogP contribution is 2.18. The Kier molecular flexibility index (Phi) is 6.26. The first-order valence-electron chi connectivity index (χ1n) is 5.59. The van der Waals surface area contributed by atoms with Gasteiger partial charge in [-0.2, -0.15) is 0 Å². The van der Waals surface area contributed by atoms with Gasteiger partial charge in [-0.3, -0.25) is 0 Å². The third-order valence-electron chi connectivity index (χ3n) is 2.01. The molecule has 0 aliphatic heterocycles. The summed E-state index contributed by atoms with van der Waals surface area (Å²) in [5.41, 5.74) is 0.611. The predicted molar refractivity (Wildman–Crippen MR) is 66.3 cm³/mol. The zero-order valence-corrected chi connectivity index (χ0v) is 10.9. The monoisotopic (exact) mass is 259 g/mol. The van der Waals surface area contributed by atoms with Crippen LogP contribution in [0.15, 0.2) is 12.3 Å². The van der Waals surface area contributed by atoms with Crippen LogP contribution in [0.3, 0.4) is 0 Å². The van der Waals surface area contributed by atoms with Crippen LogP contribution in [0.2, 0.25) is 5.02 Å². The molecule has 0 saturated heterocycles. The Balaban J connectivity index is 2.32. The molecule has 0 fully saturated rings. The van der Waals surface area contributed by atoms with Crippen molar-refractivity contribution in [3.8, 4) is 5.88 Å². The fourth-order valence-electron chi connectivity index (χ4n) is 1.18. The molecule has 0 amide bonds. The maximum absolute atomic E-state index is 9.02. The van der Waals surface area contributed by atoms with Gasteiger partial charge in [0.25, 0.3) is 0 Å². The summed E-state index contributed by atoms with van der Waals surface area (Å²) in [4.78, 5) is 4.00. The van der Waals surface area contributed by atoms with Crippen molar-refractivity contribution in [1.29, 1.82) is 0 Å². The summed E-state index contributed by atoms with van der Waals surface area (Å²) >= 11 is 5.81. The van der Waals surface area contributed by atoms with Gasteiger partial charge < -0.3 is 14.6 Å². The molecule has 1 aromatic heterocycles. The molecule has 1 N–H and O–H groups in total. The van der Waals surface area contributed by atoms with Crippen LogP contribution in [-0.4, -0.2) is 29.9 Å². The lowest BCUT2D eigenvalue weighted by atomic mass is 10.2. The molecule has 0 bridgehead atoms. The average Bonchev–Trinajstić information content (AvgIpc) is 2.30. The standard InChI is InChI=1S/C12H18ClNO3/c1-9(2)8-16-3-4-17-12-5-10(7-15)11(13)6-14-12/h5-6,9,15H,3-4,7-8H2,1-2H3. The van der Waals surface area contributed by atoms with Crippen LogP contribution in [0, 0.1) is 5.92 Å². The molecule has 0 aromatic carbocycles. The second kappa shape index (κ2) is 7.48. The molecule has 96 valence electrons. The molecule has 5 heteroatoms. The Morgan fingerprint density at radius 1 is 1.41 bits per heavy atom. The smallest absolute Gasteiger partial charge is 0.213 e. The molecular weight excluding hydrogens is 242 g/mol. The number of nitrogens with zero attached hydrogens (tertiary/aromatic N) is 1. The first kappa shape index (κ1) is 14.2. The molecule has 0 saturated carbocycles. The van der Waals surface area contributed by atoms with Crippen LogP contribution in [-0.2, 0) is 11.3 Å². The lowest BCUT2D eigenvalue weighted by Crippen LogP contribution is -2.10. The van der Waals surface area contributed by atoms with Crippen LogP contribution in [0.5, 0.6) is 5.88 Å². The van der Waals surface area contributed by atoms with E-state index in [-0.39, 0.29) is 6.61 Å². The third kappa shape index (κ3) is 5.35. The number of halogens is 1. The minimum Gasteiger partial charge on any atom is -0.475 e. The molecule has 0 aliphatic carbocycles. The summed E-state index contributed by atoms with van der Waals surface area (Å²) in [7, 11) is 0. The molecule has 0 aliphatic rings. The van der Waals surface area contributed by atoms with E-state index in [1.54, 1.807) is 6.07 Å². The number of aliphatic hydroxyl groups is 1. The van der Waals surface area contributed by atoms with Crippen LogP contribution in [0.4, 0.5) is 0 Å². The van der Waals surface area contributed by atoms with Crippen LogP contribution >= 0.6 is 11.6 Å². The van der Waals surface area contributed by atoms with Gasteiger partial charge >= 0.3 is 0 Å². The Morgan fingerprint density at radius 2 is 2.18 bits per heavy atom. The van der Waals surface area contributed by atoms with Crippen molar-refractivity contribution in [3.63, 3.8) is 0 Å². The van der Waals surface area contributed by atoms with E-state index in [2.05, 4.69) is 18.8 Å². The molecule has 0 unspecified atom stereocenters. The van der Waals surface area contributed by atoms with E-state index < -0.39 is 0 Å². The van der Waals surface area contributed by atoms with Gasteiger partial charge in [0.2, 0.25) is 5.88 Å². The van der Waals surface area contributed by atoms with Gasteiger partial charge in [-0.15, -0.1) is 0 Å². The summed E-state index contributed by atoms with van der Waals surface area (Å²) in [5, 5.41) is 9.46. The topological polar surface area (TPSA) is 51.6 Å². The van der Waals surface area contributed by atoms with E-state index in [0.717, 1.165) is 6.61 Å². The van der Waals surface area contributed by atoms with E-state index in [9.17, 15) is 0 Å². The summed E-state index contributed by atoms with van der Waals surface area (Å²) in [6, 6.07) is 1.63. The second-order valence-electron chi connectivity index (χ2n) is 4.09. The normalized spacial score (nSPS) is 10.9. The lowest BCUT2D eigenvalue weighted by molar-refractivity contribution is 0.0805. The Hall–Kier alpha value is -0.840. The van der Waals surface area contributed by atoms with E-state index in [1.807, 2.05) is 0 Å². The quantitative estimate of drug-likeness (QED) is 0.764. The number of ether oxygens (including phenoxy) is 2. The van der Waals surface area contributed by atoms with E-state index in [4.69, 9.17) is 26.2 Å². The molecule has 0 atom stereocenters. The summed E-state index contributed by atoms with van der Waals surface area (Å²) in [6.45, 7) is 5.74. The minimum absolute atomic E-state index is 0.123. The van der Waals surface area contributed by atoms with Gasteiger partial charge in [0.1, 0.15) is 6.61 Å². The van der Waals surface area contributed by atoms with Gasteiger partial charge in [-0.05, 0) is 5.92 Å². The van der Waals surface area contributed by atoms with Crippen LogP contribution in [0.1, 0.15) is 19.4 Å². The number of aromatic nitrogens is 1. The Morgan fingerprint density at radius 3 is 2.82 bits per heavy atom. The molecule has 4 nitrogen and oxygen atoms in total. The van der Waals surface area contributed by atoms with Crippen molar-refractivity contribution < 1.29 is 14.6 Å². The molecule has 0 spiro atoms. The zero-order chi connectivity index (χ0) is 12.7. The molecular formula is C12H18ClNO3. The van der Waals surface area contributed by atoms with Crippen molar-refractivity contribution in [3.05, 3.63) is 22.8 Å². The second-order valence-corrected chi connectivity index (χ2v) is 4.50. The maximum Gasteiger partial charge on any atom is 0.213 e. The largest absolute Gasteiger partial charge is 0.475 e. The lowest BCUT2D eigenvalue weighted by Gasteiger charge is -2.09. The van der Waals surface area contributed by atoms with Gasteiger partial charge in [-0.25, -0.2) is 4.98 Å². The number of rotatable bonds is 7. The van der Waals surface area contributed by atoms with Gasteiger partial charge in [0.15, 0.2) is 0 Å². The first-order chi connectivity index (χ1) is 8.13. The predicted octanol–water partition coefficient (Wildman–Crippen LogP) is 2.28. The molecule has 1 heterocycles. The third-order valence-corrected chi connectivity index (χ3v) is 2.35. The summed E-state index contributed by atoms with van der Waals surface area (Å²) in [5.74, 6) is 0.969. The highest BCUT2D eigenvalue weighted by atomic mass is 35.5. The highest BCUT2D eigenvalue weighted by Gasteiger charge is 2.03. The van der Waals surface area contributed by atoms with E-state index in [0.29, 0.717) is 35.6 Å². The fourth-order valence-corrected chi connectivity index (χ4v) is 1.35. The average molecular weight is 260 g/mol. The van der Waals surface area contributed by atoms with Crippen LogP contribution < -0.4 is 4.74 Å².